The molecule has 1 heterocycles. The zero-order chi connectivity index (χ0) is 22.3. The number of nitrogens with zero attached hydrogens (tertiary/aromatic N) is 2. The van der Waals surface area contributed by atoms with Crippen LogP contribution in [0.1, 0.15) is 72.4 Å². The lowest BCUT2D eigenvalue weighted by molar-refractivity contribution is -0.0445. The van der Waals surface area contributed by atoms with Gasteiger partial charge in [-0.1, -0.05) is 52.3 Å². The van der Waals surface area contributed by atoms with Gasteiger partial charge < -0.3 is 0 Å². The van der Waals surface area contributed by atoms with E-state index in [1.165, 1.54) is 0 Å². The van der Waals surface area contributed by atoms with Crippen molar-refractivity contribution >= 4 is 10.2 Å². The molecule has 8 heteroatoms. The molecule has 3 atom stereocenters. The van der Waals surface area contributed by atoms with Crippen LogP contribution < -0.4 is 0 Å². The zero-order valence-corrected chi connectivity index (χ0v) is 19.1. The lowest BCUT2D eigenvalue weighted by Gasteiger charge is -2.53. The van der Waals surface area contributed by atoms with Gasteiger partial charge in [-0.05, 0) is 57.7 Å². The Kier molecular flexibility index (Phi) is 6.21. The van der Waals surface area contributed by atoms with Crippen molar-refractivity contribution in [1.82, 2.24) is 9.80 Å². The van der Waals surface area contributed by atoms with E-state index in [9.17, 15) is 19.4 Å². The summed E-state index contributed by atoms with van der Waals surface area (Å²) in [6, 6.07) is 3.91. The first-order valence-corrected chi connectivity index (χ1v) is 12.3. The normalized spacial score (nSPS) is 26.0. The largest absolute Gasteiger partial charge is 0.310 e. The van der Waals surface area contributed by atoms with E-state index < -0.39 is 15.1 Å². The fourth-order valence-corrected chi connectivity index (χ4v) is 5.21. The second-order valence-electron chi connectivity index (χ2n) is 9.11. The summed E-state index contributed by atoms with van der Waals surface area (Å²) in [6.45, 7) is 14.1. The second kappa shape index (κ2) is 7.38. The summed E-state index contributed by atoms with van der Waals surface area (Å²) < 4.78 is 66.8. The van der Waals surface area contributed by atoms with Crippen molar-refractivity contribution in [3.05, 3.63) is 29.8 Å². The number of hydrogen-bond donors (Lipinski definition) is 0. The average Bonchev–Trinajstić information content (AvgIpc) is 2.59. The van der Waals surface area contributed by atoms with Crippen LogP contribution in [0, 0.1) is 0 Å². The molecule has 0 radical (unpaired) electrons. The number of hydrogen-bond acceptors (Lipinski definition) is 2. The van der Waals surface area contributed by atoms with Crippen LogP contribution in [-0.4, -0.2) is 40.5 Å². The van der Waals surface area contributed by atoms with E-state index in [0.29, 0.717) is 30.7 Å². The maximum atomic E-state index is 13.4. The molecule has 1 fully saturated rings. The van der Waals surface area contributed by atoms with E-state index in [1.807, 2.05) is 6.92 Å². The molecule has 0 saturated carbocycles. The second-order valence-corrected chi connectivity index (χ2v) is 11.5. The molecule has 1 aromatic carbocycles. The van der Waals surface area contributed by atoms with Crippen molar-refractivity contribution in [2.24, 2.45) is 0 Å². The lowest BCUT2D eigenvalue weighted by atomic mass is 9.91. The van der Waals surface area contributed by atoms with E-state index >= 15 is 0 Å². The minimum absolute atomic E-state index is 0.00985. The van der Waals surface area contributed by atoms with Crippen LogP contribution in [0.4, 0.5) is 19.4 Å². The Bertz CT molecular complexity index is 714. The highest BCUT2D eigenvalue weighted by atomic mass is 32.5. The van der Waals surface area contributed by atoms with Gasteiger partial charge in [-0.2, -0.15) is 0 Å². The molecule has 1 aromatic rings. The summed E-state index contributed by atoms with van der Waals surface area (Å²) in [6.07, 6.45) is 2.33. The molecule has 170 valence electrons. The monoisotopic (exact) mass is 442 g/mol. The van der Waals surface area contributed by atoms with Crippen LogP contribution in [0.25, 0.3) is 0 Å². The van der Waals surface area contributed by atoms with Crippen LogP contribution in [0.15, 0.2) is 29.2 Å². The average molecular weight is 443 g/mol. The van der Waals surface area contributed by atoms with Gasteiger partial charge >= 0.3 is 10.2 Å². The fraction of sp³-hybridized carbons (Fsp3) is 0.714. The Morgan fingerprint density at radius 3 is 2.00 bits per heavy atom. The van der Waals surface area contributed by atoms with Gasteiger partial charge in [-0.3, -0.25) is 9.80 Å². The number of benzene rings is 1. The molecule has 0 N–H and O–H groups in total. The zero-order valence-electron chi connectivity index (χ0n) is 18.3. The smallest absolute Gasteiger partial charge is 0.293 e. The predicted molar refractivity (Wildman–Crippen MR) is 112 cm³/mol. The van der Waals surface area contributed by atoms with Gasteiger partial charge in [0.15, 0.2) is 0 Å². The van der Waals surface area contributed by atoms with Gasteiger partial charge in [-0.15, -0.1) is 0 Å². The Balaban J connectivity index is 2.44. The molecule has 1 aliphatic rings. The molecule has 0 amide bonds. The topological polar surface area (TPSA) is 6.48 Å². The number of piperazine rings is 1. The van der Waals surface area contributed by atoms with Gasteiger partial charge in [-0.25, -0.2) is 0 Å². The maximum Gasteiger partial charge on any atom is 0.310 e. The standard InChI is InChI=1S/C21H35F5N2S/c1-7-17-15-28(21(4,5)6)18(8-2)14-27(17)20(9-3)16-11-10-12-19(13-16)29(22,23,24,25)26/h10-13,17-18,20H,7-9,14-15H2,1-6H3/t17-,18+,20+/m1/s1. The Morgan fingerprint density at radius 1 is 0.966 bits per heavy atom. The van der Waals surface area contributed by atoms with Gasteiger partial charge in [0.05, 0.1) is 0 Å². The van der Waals surface area contributed by atoms with Crippen molar-refractivity contribution in [2.45, 2.75) is 89.4 Å². The minimum Gasteiger partial charge on any atom is -0.293 e. The summed E-state index contributed by atoms with van der Waals surface area (Å²) in [5.74, 6) is 0. The van der Waals surface area contributed by atoms with Gasteiger partial charge in [0.2, 0.25) is 0 Å². The van der Waals surface area contributed by atoms with Crippen molar-refractivity contribution < 1.29 is 19.4 Å². The van der Waals surface area contributed by atoms with Crippen LogP contribution in [-0.2, 0) is 0 Å². The molecule has 2 rings (SSSR count). The lowest BCUT2D eigenvalue weighted by Crippen LogP contribution is -2.63. The molecule has 29 heavy (non-hydrogen) atoms. The molecule has 0 bridgehead atoms. The quantitative estimate of drug-likeness (QED) is 0.415. The number of halogens is 5. The SMILES string of the molecule is CC[C@@H]1CN(C(C)(C)C)[C@@H](CC)CN1[C@@H](CC)c1cccc(S(F)(F)(F)(F)F)c1. The molecule has 1 aliphatic heterocycles. The van der Waals surface area contributed by atoms with E-state index in [4.69, 9.17) is 0 Å². The minimum atomic E-state index is -9.70. The maximum absolute atomic E-state index is 13.4. The van der Waals surface area contributed by atoms with Gasteiger partial charge in [0.1, 0.15) is 4.90 Å². The molecule has 0 aliphatic carbocycles. The summed E-state index contributed by atoms with van der Waals surface area (Å²) in [5, 5.41) is 0. The van der Waals surface area contributed by atoms with Crippen LogP contribution in [0.5, 0.6) is 0 Å². The van der Waals surface area contributed by atoms with Crippen LogP contribution in [0.3, 0.4) is 0 Å². The number of rotatable bonds is 6. The van der Waals surface area contributed by atoms with E-state index in [0.717, 1.165) is 25.5 Å². The summed E-state index contributed by atoms with van der Waals surface area (Å²) in [5.41, 5.74) is 0.306. The fourth-order valence-electron chi connectivity index (χ4n) is 4.51. The Hall–Kier alpha value is -0.860. The van der Waals surface area contributed by atoms with Crippen LogP contribution in [0.2, 0.25) is 0 Å². The van der Waals surface area contributed by atoms with Gasteiger partial charge in [0, 0.05) is 36.8 Å². The van der Waals surface area contributed by atoms with E-state index in [1.54, 1.807) is 6.07 Å². The van der Waals surface area contributed by atoms with Crippen molar-refractivity contribution in [1.29, 1.82) is 0 Å². The Morgan fingerprint density at radius 2 is 1.55 bits per heavy atom. The van der Waals surface area contributed by atoms with Crippen molar-refractivity contribution in [2.75, 3.05) is 13.1 Å². The third kappa shape index (κ3) is 5.64. The molecule has 0 aromatic heterocycles. The third-order valence-corrected chi connectivity index (χ3v) is 7.16. The summed E-state index contributed by atoms with van der Waals surface area (Å²) >= 11 is 0. The van der Waals surface area contributed by atoms with Gasteiger partial charge in [0.25, 0.3) is 0 Å². The first-order valence-electron chi connectivity index (χ1n) is 10.4. The Labute approximate surface area is 172 Å². The molecule has 2 nitrogen and oxygen atoms in total. The third-order valence-electron chi connectivity index (χ3n) is 6.02. The predicted octanol–water partition coefficient (Wildman–Crippen LogP) is 7.77. The first kappa shape index (κ1) is 24.4. The highest BCUT2D eigenvalue weighted by Gasteiger charge is 2.65. The highest BCUT2D eigenvalue weighted by Crippen LogP contribution is 3.02. The molecule has 1 saturated heterocycles. The first-order chi connectivity index (χ1) is 13.0. The summed E-state index contributed by atoms with van der Waals surface area (Å²) in [7, 11) is -9.70. The van der Waals surface area contributed by atoms with E-state index in [-0.39, 0.29) is 23.7 Å². The summed E-state index contributed by atoms with van der Waals surface area (Å²) in [4.78, 5) is 2.91. The van der Waals surface area contributed by atoms with Crippen LogP contribution >= 0.6 is 10.2 Å². The molecular formula is C21H35F5N2S. The molecule has 0 unspecified atom stereocenters. The molecular weight excluding hydrogens is 407 g/mol. The van der Waals surface area contributed by atoms with E-state index in [2.05, 4.69) is 44.4 Å². The van der Waals surface area contributed by atoms with Crippen molar-refractivity contribution in [3.63, 3.8) is 0 Å². The highest BCUT2D eigenvalue weighted by molar-refractivity contribution is 8.45. The van der Waals surface area contributed by atoms with Crippen molar-refractivity contribution in [3.8, 4) is 0 Å². The molecule has 0 spiro atoms.